The smallest absolute Gasteiger partial charge is 0.413 e. The molecule has 0 saturated carbocycles. The first kappa shape index (κ1) is 17.1. The molecule has 0 spiro atoms. The monoisotopic (exact) mass is 281 g/mol. The van der Waals surface area contributed by atoms with Gasteiger partial charge in [0.25, 0.3) is 0 Å². The summed E-state index contributed by atoms with van der Waals surface area (Å²) >= 11 is 0. The summed E-state index contributed by atoms with van der Waals surface area (Å²) in [6.45, 7) is 4.39. The van der Waals surface area contributed by atoms with Crippen LogP contribution in [0.4, 0.5) is 0 Å². The van der Waals surface area contributed by atoms with Crippen LogP contribution in [0.25, 0.3) is 0 Å². The number of oxazole rings is 1. The van der Waals surface area contributed by atoms with Crippen LogP contribution in [-0.4, -0.2) is 4.98 Å². The molecular formula is C17H31NO2. The number of hydrogen-bond donors (Lipinski definition) is 1. The van der Waals surface area contributed by atoms with E-state index in [1.54, 1.807) is 6.20 Å². The Kier molecular flexibility index (Phi) is 9.18. The number of unbranched alkanes of at least 4 members (excludes halogenated alkanes) is 9. The van der Waals surface area contributed by atoms with Crippen molar-refractivity contribution in [2.24, 2.45) is 0 Å². The van der Waals surface area contributed by atoms with Gasteiger partial charge in [-0.3, -0.25) is 4.98 Å². The number of H-pyrrole nitrogens is 1. The molecule has 1 aromatic rings. The lowest BCUT2D eigenvalue weighted by atomic mass is 10.00. The van der Waals surface area contributed by atoms with E-state index in [9.17, 15) is 4.79 Å². The van der Waals surface area contributed by atoms with E-state index in [-0.39, 0.29) is 5.76 Å². The second kappa shape index (κ2) is 10.8. The Labute approximate surface area is 123 Å². The minimum Gasteiger partial charge on any atom is -0.413 e. The second-order valence-corrected chi connectivity index (χ2v) is 5.95. The van der Waals surface area contributed by atoms with Crippen molar-refractivity contribution in [1.82, 2.24) is 4.98 Å². The molecule has 1 atom stereocenters. The van der Waals surface area contributed by atoms with Gasteiger partial charge >= 0.3 is 5.76 Å². The van der Waals surface area contributed by atoms with E-state index >= 15 is 0 Å². The Morgan fingerprint density at radius 1 is 1.00 bits per heavy atom. The van der Waals surface area contributed by atoms with Crippen molar-refractivity contribution in [3.8, 4) is 0 Å². The molecule has 0 amide bonds. The summed E-state index contributed by atoms with van der Waals surface area (Å²) in [5, 5.41) is 0. The summed E-state index contributed by atoms with van der Waals surface area (Å²) in [5.74, 6) is 0.809. The summed E-state index contributed by atoms with van der Waals surface area (Å²) in [5.41, 5.74) is 0. The predicted molar refractivity (Wildman–Crippen MR) is 84.2 cm³/mol. The maximum absolute atomic E-state index is 10.9. The fourth-order valence-corrected chi connectivity index (χ4v) is 2.62. The van der Waals surface area contributed by atoms with Crippen molar-refractivity contribution in [3.05, 3.63) is 22.5 Å². The quantitative estimate of drug-likeness (QED) is 0.523. The number of aromatic amines is 1. The van der Waals surface area contributed by atoms with Gasteiger partial charge in [0, 0.05) is 12.1 Å². The standard InChI is InChI=1S/C17H31NO2/c1-3-4-5-6-7-8-9-10-11-12-13-15(2)16-14-18-17(19)20-16/h14-15H,3-13H2,1-2H3,(H,18,19). The molecule has 0 fully saturated rings. The molecule has 0 radical (unpaired) electrons. The molecule has 1 heterocycles. The predicted octanol–water partition coefficient (Wildman–Crippen LogP) is 5.38. The minimum atomic E-state index is -0.338. The van der Waals surface area contributed by atoms with Crippen LogP contribution in [0.15, 0.2) is 15.4 Å². The highest BCUT2D eigenvalue weighted by Gasteiger charge is 2.09. The van der Waals surface area contributed by atoms with Gasteiger partial charge in [-0.2, -0.15) is 0 Å². The van der Waals surface area contributed by atoms with E-state index in [0.717, 1.165) is 12.2 Å². The number of hydrogen-bond acceptors (Lipinski definition) is 2. The zero-order valence-electron chi connectivity index (χ0n) is 13.2. The maximum atomic E-state index is 10.9. The van der Waals surface area contributed by atoms with Crippen molar-refractivity contribution in [1.29, 1.82) is 0 Å². The summed E-state index contributed by atoms with van der Waals surface area (Å²) in [7, 11) is 0. The highest BCUT2D eigenvalue weighted by molar-refractivity contribution is 4.96. The molecule has 116 valence electrons. The van der Waals surface area contributed by atoms with Crippen LogP contribution in [-0.2, 0) is 0 Å². The molecule has 20 heavy (non-hydrogen) atoms. The molecule has 1 N–H and O–H groups in total. The van der Waals surface area contributed by atoms with Gasteiger partial charge in [0.1, 0.15) is 5.76 Å². The topological polar surface area (TPSA) is 46.0 Å². The lowest BCUT2D eigenvalue weighted by molar-refractivity contribution is 0.423. The first-order valence-corrected chi connectivity index (χ1v) is 8.42. The van der Waals surface area contributed by atoms with Crippen LogP contribution in [0, 0.1) is 0 Å². The summed E-state index contributed by atoms with van der Waals surface area (Å²) in [6.07, 6.45) is 16.4. The third kappa shape index (κ3) is 7.56. The van der Waals surface area contributed by atoms with Crippen molar-refractivity contribution in [2.75, 3.05) is 0 Å². The average Bonchev–Trinajstić information content (AvgIpc) is 2.87. The zero-order chi connectivity index (χ0) is 14.6. The molecule has 0 aromatic carbocycles. The second-order valence-electron chi connectivity index (χ2n) is 5.95. The Hall–Kier alpha value is -0.990. The zero-order valence-corrected chi connectivity index (χ0v) is 13.2. The van der Waals surface area contributed by atoms with E-state index in [0.29, 0.717) is 5.92 Å². The molecule has 0 aliphatic carbocycles. The molecule has 0 saturated heterocycles. The van der Waals surface area contributed by atoms with Crippen molar-refractivity contribution in [2.45, 2.75) is 90.4 Å². The normalized spacial score (nSPS) is 12.7. The third-order valence-corrected chi connectivity index (χ3v) is 4.02. The lowest BCUT2D eigenvalue weighted by Crippen LogP contribution is -1.95. The van der Waals surface area contributed by atoms with Gasteiger partial charge in [0.2, 0.25) is 0 Å². The Balaban J connectivity index is 1.91. The molecule has 3 nitrogen and oxygen atoms in total. The molecule has 3 heteroatoms. The molecular weight excluding hydrogens is 250 g/mol. The third-order valence-electron chi connectivity index (χ3n) is 4.02. The Morgan fingerprint density at radius 3 is 2.05 bits per heavy atom. The van der Waals surface area contributed by atoms with Crippen LogP contribution < -0.4 is 5.76 Å². The van der Waals surface area contributed by atoms with E-state index in [4.69, 9.17) is 4.42 Å². The summed E-state index contributed by atoms with van der Waals surface area (Å²) in [6, 6.07) is 0. The maximum Gasteiger partial charge on any atom is 0.416 e. The Bertz CT molecular complexity index is 380. The van der Waals surface area contributed by atoms with Crippen molar-refractivity contribution < 1.29 is 4.42 Å². The van der Waals surface area contributed by atoms with Gasteiger partial charge in [0.05, 0.1) is 0 Å². The minimum absolute atomic E-state index is 0.338. The largest absolute Gasteiger partial charge is 0.416 e. The molecule has 1 rings (SSSR count). The summed E-state index contributed by atoms with van der Waals surface area (Å²) in [4.78, 5) is 13.5. The number of nitrogens with one attached hydrogen (secondary N) is 1. The number of rotatable bonds is 12. The molecule has 1 aromatic heterocycles. The van der Waals surface area contributed by atoms with Crippen LogP contribution in [0.5, 0.6) is 0 Å². The van der Waals surface area contributed by atoms with Crippen molar-refractivity contribution >= 4 is 0 Å². The fraction of sp³-hybridized carbons (Fsp3) is 0.824. The number of aromatic nitrogens is 1. The van der Waals surface area contributed by atoms with Gasteiger partial charge < -0.3 is 4.42 Å². The van der Waals surface area contributed by atoms with E-state index < -0.39 is 0 Å². The van der Waals surface area contributed by atoms with Crippen LogP contribution in [0.2, 0.25) is 0 Å². The van der Waals surface area contributed by atoms with Crippen LogP contribution >= 0.6 is 0 Å². The molecule has 0 aliphatic heterocycles. The molecule has 0 aliphatic rings. The first-order valence-electron chi connectivity index (χ1n) is 8.42. The Morgan fingerprint density at radius 2 is 1.55 bits per heavy atom. The van der Waals surface area contributed by atoms with Gasteiger partial charge in [-0.1, -0.05) is 78.1 Å². The summed E-state index contributed by atoms with van der Waals surface area (Å²) < 4.78 is 5.08. The SMILES string of the molecule is CCCCCCCCCCCCC(C)c1c[nH]c(=O)o1. The van der Waals surface area contributed by atoms with E-state index in [2.05, 4.69) is 18.8 Å². The van der Waals surface area contributed by atoms with Crippen LogP contribution in [0.1, 0.15) is 96.2 Å². The van der Waals surface area contributed by atoms with E-state index in [1.165, 1.54) is 64.2 Å². The van der Waals surface area contributed by atoms with Gasteiger partial charge in [-0.05, 0) is 6.42 Å². The molecule has 0 bridgehead atoms. The van der Waals surface area contributed by atoms with Gasteiger partial charge in [0.15, 0.2) is 0 Å². The van der Waals surface area contributed by atoms with Crippen molar-refractivity contribution in [3.63, 3.8) is 0 Å². The fourth-order valence-electron chi connectivity index (χ4n) is 2.62. The average molecular weight is 281 g/mol. The highest BCUT2D eigenvalue weighted by atomic mass is 16.4. The van der Waals surface area contributed by atoms with Crippen LogP contribution in [0.3, 0.4) is 0 Å². The lowest BCUT2D eigenvalue weighted by Gasteiger charge is -2.07. The van der Waals surface area contributed by atoms with Gasteiger partial charge in [-0.15, -0.1) is 0 Å². The van der Waals surface area contributed by atoms with E-state index in [1.807, 2.05) is 0 Å². The highest BCUT2D eigenvalue weighted by Crippen LogP contribution is 2.21. The van der Waals surface area contributed by atoms with Gasteiger partial charge in [-0.25, -0.2) is 4.79 Å². The first-order chi connectivity index (χ1) is 9.74. The molecule has 1 unspecified atom stereocenters.